The van der Waals surface area contributed by atoms with Crippen molar-refractivity contribution in [1.29, 1.82) is 0 Å². The lowest BCUT2D eigenvalue weighted by atomic mass is 9.99. The standard InChI is InChI=1S/C15H13Br2N3/c16-10-5-9(6-11(17)7-10)15(20-18)13-8-19-14-4-2-1-3-12(13)14/h1-8,15,19-20H,18H2. The number of H-pyrrole nitrogens is 1. The first kappa shape index (κ1) is 13.8. The highest BCUT2D eigenvalue weighted by atomic mass is 79.9. The van der Waals surface area contributed by atoms with E-state index in [9.17, 15) is 0 Å². The first-order valence-corrected chi connectivity index (χ1v) is 7.76. The van der Waals surface area contributed by atoms with Crippen LogP contribution in [0.15, 0.2) is 57.6 Å². The van der Waals surface area contributed by atoms with Crippen LogP contribution in [0.3, 0.4) is 0 Å². The SMILES string of the molecule is NNC(c1cc(Br)cc(Br)c1)c1c[nH]c2ccccc12. The molecule has 5 heteroatoms. The maximum atomic E-state index is 5.79. The Bertz CT molecular complexity index is 731. The fraction of sp³-hybridized carbons (Fsp3) is 0.0667. The van der Waals surface area contributed by atoms with E-state index in [2.05, 4.69) is 66.5 Å². The highest BCUT2D eigenvalue weighted by Gasteiger charge is 2.17. The van der Waals surface area contributed by atoms with Gasteiger partial charge in [-0.1, -0.05) is 50.1 Å². The lowest BCUT2D eigenvalue weighted by Gasteiger charge is -2.17. The average Bonchev–Trinajstić information content (AvgIpc) is 2.83. The number of hydrogen-bond acceptors (Lipinski definition) is 2. The molecule has 0 radical (unpaired) electrons. The summed E-state index contributed by atoms with van der Waals surface area (Å²) in [6.45, 7) is 0. The van der Waals surface area contributed by atoms with Crippen LogP contribution in [-0.2, 0) is 0 Å². The third-order valence-electron chi connectivity index (χ3n) is 3.32. The Hall–Kier alpha value is -1.14. The van der Waals surface area contributed by atoms with Crippen LogP contribution in [0, 0.1) is 0 Å². The van der Waals surface area contributed by atoms with Gasteiger partial charge >= 0.3 is 0 Å². The van der Waals surface area contributed by atoms with Crippen LogP contribution in [0.2, 0.25) is 0 Å². The summed E-state index contributed by atoms with van der Waals surface area (Å²) in [5.41, 5.74) is 6.24. The Morgan fingerprint density at radius 2 is 1.75 bits per heavy atom. The predicted molar refractivity (Wildman–Crippen MR) is 89.3 cm³/mol. The molecule has 1 unspecified atom stereocenters. The molecule has 0 saturated heterocycles. The Labute approximate surface area is 133 Å². The van der Waals surface area contributed by atoms with E-state index in [-0.39, 0.29) is 6.04 Å². The monoisotopic (exact) mass is 393 g/mol. The van der Waals surface area contributed by atoms with Crippen molar-refractivity contribution in [2.24, 2.45) is 5.84 Å². The topological polar surface area (TPSA) is 53.8 Å². The van der Waals surface area contributed by atoms with E-state index >= 15 is 0 Å². The smallest absolute Gasteiger partial charge is 0.0731 e. The summed E-state index contributed by atoms with van der Waals surface area (Å²) in [7, 11) is 0. The predicted octanol–water partition coefficient (Wildman–Crippen LogP) is 4.25. The molecular formula is C15H13Br2N3. The molecule has 0 spiro atoms. The Balaban J connectivity index is 2.14. The van der Waals surface area contributed by atoms with Crippen LogP contribution >= 0.6 is 31.9 Å². The van der Waals surface area contributed by atoms with Gasteiger partial charge in [0.2, 0.25) is 0 Å². The van der Waals surface area contributed by atoms with Gasteiger partial charge in [0.1, 0.15) is 0 Å². The second-order valence-electron chi connectivity index (χ2n) is 4.59. The second kappa shape index (κ2) is 5.69. The number of aromatic nitrogens is 1. The van der Waals surface area contributed by atoms with Crippen LogP contribution in [0.4, 0.5) is 0 Å². The third kappa shape index (κ3) is 2.54. The van der Waals surface area contributed by atoms with Crippen molar-refractivity contribution in [2.45, 2.75) is 6.04 Å². The van der Waals surface area contributed by atoms with Gasteiger partial charge in [-0.3, -0.25) is 5.84 Å². The number of rotatable bonds is 3. The zero-order chi connectivity index (χ0) is 14.1. The molecule has 0 aliphatic rings. The fourth-order valence-electron chi connectivity index (χ4n) is 2.44. The van der Waals surface area contributed by atoms with Gasteiger partial charge in [0.25, 0.3) is 0 Å². The van der Waals surface area contributed by atoms with Crippen molar-refractivity contribution < 1.29 is 0 Å². The summed E-state index contributed by atoms with van der Waals surface area (Å²) in [5.74, 6) is 5.79. The lowest BCUT2D eigenvalue weighted by molar-refractivity contribution is 0.640. The molecule has 3 rings (SSSR count). The van der Waals surface area contributed by atoms with E-state index in [1.54, 1.807) is 0 Å². The summed E-state index contributed by atoms with van der Waals surface area (Å²) >= 11 is 7.03. The molecule has 2 aromatic carbocycles. The molecule has 1 heterocycles. The van der Waals surface area contributed by atoms with Crippen LogP contribution in [0.1, 0.15) is 17.2 Å². The largest absolute Gasteiger partial charge is 0.361 e. The minimum absolute atomic E-state index is 0.0695. The summed E-state index contributed by atoms with van der Waals surface area (Å²) in [6, 6.07) is 14.3. The molecule has 3 aromatic rings. The molecule has 0 bridgehead atoms. The van der Waals surface area contributed by atoms with Crippen molar-refractivity contribution in [3.8, 4) is 0 Å². The van der Waals surface area contributed by atoms with Crippen molar-refractivity contribution in [2.75, 3.05) is 0 Å². The summed E-state index contributed by atoms with van der Waals surface area (Å²) in [4.78, 5) is 3.28. The van der Waals surface area contributed by atoms with Gasteiger partial charge in [-0.05, 0) is 29.8 Å². The van der Waals surface area contributed by atoms with Crippen LogP contribution in [0.5, 0.6) is 0 Å². The minimum Gasteiger partial charge on any atom is -0.361 e. The molecule has 1 atom stereocenters. The van der Waals surface area contributed by atoms with Crippen LogP contribution in [0.25, 0.3) is 10.9 Å². The lowest BCUT2D eigenvalue weighted by Crippen LogP contribution is -2.28. The van der Waals surface area contributed by atoms with Gasteiger partial charge < -0.3 is 4.98 Å². The molecule has 0 aliphatic carbocycles. The summed E-state index contributed by atoms with van der Waals surface area (Å²) in [5, 5.41) is 1.17. The van der Waals surface area contributed by atoms with Crippen LogP contribution < -0.4 is 11.3 Å². The molecule has 0 fully saturated rings. The van der Waals surface area contributed by atoms with Gasteiger partial charge in [-0.2, -0.15) is 0 Å². The maximum Gasteiger partial charge on any atom is 0.0731 e. The van der Waals surface area contributed by atoms with E-state index in [1.165, 1.54) is 5.39 Å². The highest BCUT2D eigenvalue weighted by Crippen LogP contribution is 2.31. The number of para-hydroxylation sites is 1. The maximum absolute atomic E-state index is 5.79. The zero-order valence-electron chi connectivity index (χ0n) is 10.5. The number of hydrogen-bond donors (Lipinski definition) is 3. The first-order valence-electron chi connectivity index (χ1n) is 6.17. The normalized spacial score (nSPS) is 12.8. The Morgan fingerprint density at radius 1 is 1.05 bits per heavy atom. The Morgan fingerprint density at radius 3 is 2.45 bits per heavy atom. The van der Waals surface area contributed by atoms with E-state index in [0.29, 0.717) is 0 Å². The number of nitrogens with two attached hydrogens (primary N) is 1. The fourth-order valence-corrected chi connectivity index (χ4v) is 3.77. The molecule has 0 saturated carbocycles. The van der Waals surface area contributed by atoms with E-state index < -0.39 is 0 Å². The quantitative estimate of drug-likeness (QED) is 0.459. The van der Waals surface area contributed by atoms with Gasteiger partial charge in [0.15, 0.2) is 0 Å². The average molecular weight is 395 g/mol. The highest BCUT2D eigenvalue weighted by molar-refractivity contribution is 9.11. The van der Waals surface area contributed by atoms with Gasteiger partial charge in [0.05, 0.1) is 6.04 Å². The van der Waals surface area contributed by atoms with Gasteiger partial charge in [-0.15, -0.1) is 0 Å². The molecule has 102 valence electrons. The molecule has 4 N–H and O–H groups in total. The van der Waals surface area contributed by atoms with Gasteiger partial charge in [-0.25, -0.2) is 5.43 Å². The van der Waals surface area contributed by atoms with E-state index in [1.807, 2.05) is 24.4 Å². The van der Waals surface area contributed by atoms with Crippen molar-refractivity contribution >= 4 is 42.8 Å². The number of halogens is 2. The zero-order valence-corrected chi connectivity index (χ0v) is 13.7. The van der Waals surface area contributed by atoms with Crippen molar-refractivity contribution in [3.63, 3.8) is 0 Å². The molecule has 0 aliphatic heterocycles. The van der Waals surface area contributed by atoms with E-state index in [0.717, 1.165) is 25.6 Å². The number of fused-ring (bicyclic) bond motifs is 1. The van der Waals surface area contributed by atoms with Crippen LogP contribution in [-0.4, -0.2) is 4.98 Å². The molecular weight excluding hydrogens is 382 g/mol. The van der Waals surface area contributed by atoms with E-state index in [4.69, 9.17) is 5.84 Å². The molecule has 20 heavy (non-hydrogen) atoms. The Kier molecular flexibility index (Phi) is 3.94. The summed E-state index contributed by atoms with van der Waals surface area (Å²) < 4.78 is 2.03. The number of aromatic amines is 1. The first-order chi connectivity index (χ1) is 9.69. The van der Waals surface area contributed by atoms with Crippen molar-refractivity contribution in [3.05, 3.63) is 68.7 Å². The number of hydrazine groups is 1. The molecule has 0 amide bonds. The minimum atomic E-state index is -0.0695. The molecule has 3 nitrogen and oxygen atoms in total. The number of nitrogens with one attached hydrogen (secondary N) is 2. The van der Waals surface area contributed by atoms with Crippen molar-refractivity contribution in [1.82, 2.24) is 10.4 Å². The third-order valence-corrected chi connectivity index (χ3v) is 4.23. The molecule has 1 aromatic heterocycles. The van der Waals surface area contributed by atoms with Gasteiger partial charge in [0, 0.05) is 31.6 Å². The second-order valence-corrected chi connectivity index (χ2v) is 6.42. The summed E-state index contributed by atoms with van der Waals surface area (Å²) in [6.07, 6.45) is 2.00. The number of benzene rings is 2.